The van der Waals surface area contributed by atoms with Crippen molar-refractivity contribution >= 4 is 15.7 Å². The molecule has 2 heterocycles. The molecule has 5 heteroatoms. The summed E-state index contributed by atoms with van der Waals surface area (Å²) in [6.07, 6.45) is 1.66. The molecule has 4 nitrogen and oxygen atoms in total. The molecule has 15 heavy (non-hydrogen) atoms. The maximum absolute atomic E-state index is 11.5. The van der Waals surface area contributed by atoms with Crippen molar-refractivity contribution in [2.75, 3.05) is 0 Å². The molecule has 2 rings (SSSR count). The lowest BCUT2D eigenvalue weighted by molar-refractivity contribution is 0.595. The van der Waals surface area contributed by atoms with E-state index in [1.165, 1.54) is 0 Å². The molecular formula is C10H12N2O2S. The normalized spacial score (nSPS) is 18.5. The molecule has 0 saturated heterocycles. The standard InChI is InChI=1S/C10H12N2O2S/c1-7(2)9-10-8(4-3-5-11-10)6-15(13,14)12-9/h3-5,7H,6H2,1-2H3. The molecule has 0 N–H and O–H groups in total. The molecule has 80 valence electrons. The van der Waals surface area contributed by atoms with Gasteiger partial charge in [-0.1, -0.05) is 19.9 Å². The Kier molecular flexibility index (Phi) is 2.34. The Morgan fingerprint density at radius 1 is 1.40 bits per heavy atom. The third-order valence-corrected chi connectivity index (χ3v) is 3.41. The molecule has 0 unspecified atom stereocenters. The van der Waals surface area contributed by atoms with E-state index in [9.17, 15) is 8.42 Å². The Bertz CT molecular complexity index is 518. The fourth-order valence-corrected chi connectivity index (χ4v) is 2.87. The number of aromatic nitrogens is 1. The van der Waals surface area contributed by atoms with Gasteiger partial charge in [0.2, 0.25) is 0 Å². The van der Waals surface area contributed by atoms with E-state index in [1.54, 1.807) is 18.3 Å². The van der Waals surface area contributed by atoms with Crippen molar-refractivity contribution in [3.05, 3.63) is 29.6 Å². The van der Waals surface area contributed by atoms with Crippen LogP contribution in [0.1, 0.15) is 25.1 Å². The Labute approximate surface area is 89.1 Å². The molecule has 1 aliphatic heterocycles. The number of pyridine rings is 1. The van der Waals surface area contributed by atoms with Gasteiger partial charge in [-0.2, -0.15) is 4.40 Å². The monoisotopic (exact) mass is 224 g/mol. The van der Waals surface area contributed by atoms with Gasteiger partial charge in [0.1, 0.15) is 0 Å². The summed E-state index contributed by atoms with van der Waals surface area (Å²) in [7, 11) is -3.34. The van der Waals surface area contributed by atoms with Crippen molar-refractivity contribution in [1.29, 1.82) is 0 Å². The van der Waals surface area contributed by atoms with E-state index in [1.807, 2.05) is 13.8 Å². The fraction of sp³-hybridized carbons (Fsp3) is 0.400. The largest absolute Gasteiger partial charge is 0.257 e. The summed E-state index contributed by atoms with van der Waals surface area (Å²) in [6.45, 7) is 3.83. The van der Waals surface area contributed by atoms with Crippen molar-refractivity contribution in [2.24, 2.45) is 10.3 Å². The van der Waals surface area contributed by atoms with Crippen LogP contribution in [-0.2, 0) is 15.8 Å². The Balaban J connectivity index is 2.66. The second kappa shape index (κ2) is 3.41. The summed E-state index contributed by atoms with van der Waals surface area (Å²) in [5.41, 5.74) is 2.04. The van der Waals surface area contributed by atoms with Crippen LogP contribution in [0.15, 0.2) is 22.7 Å². The van der Waals surface area contributed by atoms with Crippen molar-refractivity contribution in [3.63, 3.8) is 0 Å². The van der Waals surface area contributed by atoms with E-state index < -0.39 is 10.0 Å². The van der Waals surface area contributed by atoms with Gasteiger partial charge in [-0.3, -0.25) is 4.98 Å². The highest BCUT2D eigenvalue weighted by Gasteiger charge is 2.25. The van der Waals surface area contributed by atoms with Gasteiger partial charge in [0, 0.05) is 6.20 Å². The molecule has 0 fully saturated rings. The van der Waals surface area contributed by atoms with Crippen LogP contribution in [0.25, 0.3) is 0 Å². The molecule has 0 bridgehead atoms. The Hall–Kier alpha value is -1.23. The summed E-state index contributed by atoms with van der Waals surface area (Å²) >= 11 is 0. The highest BCUT2D eigenvalue weighted by Crippen LogP contribution is 2.22. The predicted octanol–water partition coefficient (Wildman–Crippen LogP) is 1.37. The van der Waals surface area contributed by atoms with Crippen molar-refractivity contribution in [2.45, 2.75) is 19.6 Å². The lowest BCUT2D eigenvalue weighted by atomic mass is 10.0. The minimum atomic E-state index is -3.34. The first-order valence-electron chi connectivity index (χ1n) is 4.76. The minimum absolute atomic E-state index is 0.0353. The summed E-state index contributed by atoms with van der Waals surface area (Å²) < 4.78 is 26.8. The fourth-order valence-electron chi connectivity index (χ4n) is 1.59. The van der Waals surface area contributed by atoms with Gasteiger partial charge < -0.3 is 0 Å². The van der Waals surface area contributed by atoms with Gasteiger partial charge in [0.05, 0.1) is 17.2 Å². The zero-order valence-corrected chi connectivity index (χ0v) is 9.45. The molecule has 0 spiro atoms. The van der Waals surface area contributed by atoms with Crippen LogP contribution in [0, 0.1) is 5.92 Å². The van der Waals surface area contributed by atoms with E-state index in [2.05, 4.69) is 9.38 Å². The maximum Gasteiger partial charge on any atom is 0.257 e. The van der Waals surface area contributed by atoms with Crippen molar-refractivity contribution in [3.8, 4) is 0 Å². The SMILES string of the molecule is CC(C)C1=NS(=O)(=O)Cc2cccnc21. The molecule has 1 aromatic heterocycles. The third kappa shape index (κ3) is 1.92. The average molecular weight is 224 g/mol. The van der Waals surface area contributed by atoms with E-state index in [4.69, 9.17) is 0 Å². The molecule has 0 aromatic carbocycles. The molecule has 0 aliphatic carbocycles. The van der Waals surface area contributed by atoms with Crippen LogP contribution >= 0.6 is 0 Å². The minimum Gasteiger partial charge on any atom is -0.255 e. The number of nitrogens with zero attached hydrogens (tertiary/aromatic N) is 2. The Morgan fingerprint density at radius 2 is 2.13 bits per heavy atom. The van der Waals surface area contributed by atoms with Crippen LogP contribution in [0.3, 0.4) is 0 Å². The first-order valence-corrected chi connectivity index (χ1v) is 6.37. The number of rotatable bonds is 1. The predicted molar refractivity (Wildman–Crippen MR) is 58.2 cm³/mol. The molecular weight excluding hydrogens is 212 g/mol. The van der Waals surface area contributed by atoms with Crippen molar-refractivity contribution in [1.82, 2.24) is 4.98 Å². The molecule has 0 amide bonds. The van der Waals surface area contributed by atoms with Crippen LogP contribution in [0.4, 0.5) is 0 Å². The molecule has 1 aliphatic rings. The highest BCUT2D eigenvalue weighted by molar-refractivity contribution is 7.89. The van der Waals surface area contributed by atoms with Crippen LogP contribution < -0.4 is 0 Å². The summed E-state index contributed by atoms with van der Waals surface area (Å²) in [4.78, 5) is 4.19. The van der Waals surface area contributed by atoms with Crippen LogP contribution in [-0.4, -0.2) is 19.1 Å². The van der Waals surface area contributed by atoms with E-state index >= 15 is 0 Å². The molecule has 1 aromatic rings. The maximum atomic E-state index is 11.5. The number of sulfonamides is 1. The van der Waals surface area contributed by atoms with E-state index in [0.29, 0.717) is 5.71 Å². The molecule has 0 radical (unpaired) electrons. The van der Waals surface area contributed by atoms with Gasteiger partial charge >= 0.3 is 0 Å². The zero-order chi connectivity index (χ0) is 11.1. The van der Waals surface area contributed by atoms with Gasteiger partial charge in [-0.25, -0.2) is 8.42 Å². The number of hydrogen-bond donors (Lipinski definition) is 0. The van der Waals surface area contributed by atoms with Crippen LogP contribution in [0.5, 0.6) is 0 Å². The summed E-state index contributed by atoms with van der Waals surface area (Å²) in [5, 5.41) is 0. The lowest BCUT2D eigenvalue weighted by Crippen LogP contribution is -2.22. The summed E-state index contributed by atoms with van der Waals surface area (Å²) in [5.74, 6) is 0.0283. The zero-order valence-electron chi connectivity index (χ0n) is 8.64. The van der Waals surface area contributed by atoms with Crippen molar-refractivity contribution < 1.29 is 8.42 Å². The van der Waals surface area contributed by atoms with Gasteiger partial charge in [0.25, 0.3) is 10.0 Å². The second-order valence-corrected chi connectivity index (χ2v) is 5.50. The van der Waals surface area contributed by atoms with E-state index in [0.717, 1.165) is 11.3 Å². The highest BCUT2D eigenvalue weighted by atomic mass is 32.2. The van der Waals surface area contributed by atoms with E-state index in [-0.39, 0.29) is 11.7 Å². The number of hydrogen-bond acceptors (Lipinski definition) is 3. The summed E-state index contributed by atoms with van der Waals surface area (Å²) in [6, 6.07) is 3.54. The van der Waals surface area contributed by atoms with Gasteiger partial charge in [-0.15, -0.1) is 0 Å². The topological polar surface area (TPSA) is 59.4 Å². The number of fused-ring (bicyclic) bond motifs is 1. The Morgan fingerprint density at radius 3 is 2.80 bits per heavy atom. The average Bonchev–Trinajstić information content (AvgIpc) is 2.14. The quantitative estimate of drug-likeness (QED) is 0.723. The smallest absolute Gasteiger partial charge is 0.255 e. The van der Waals surface area contributed by atoms with Crippen LogP contribution in [0.2, 0.25) is 0 Å². The third-order valence-electron chi connectivity index (χ3n) is 2.26. The lowest BCUT2D eigenvalue weighted by Gasteiger charge is -2.17. The molecule has 0 atom stereocenters. The van der Waals surface area contributed by atoms with Gasteiger partial charge in [-0.05, 0) is 17.5 Å². The van der Waals surface area contributed by atoms with Gasteiger partial charge in [0.15, 0.2) is 0 Å². The first kappa shape index (κ1) is 10.3. The second-order valence-electron chi connectivity index (χ2n) is 3.87. The first-order chi connectivity index (χ1) is 6.99. The molecule has 0 saturated carbocycles.